The molecule has 0 aromatic rings. The molecular formula is C11H21NO3. The summed E-state index contributed by atoms with van der Waals surface area (Å²) < 4.78 is 5.02. The van der Waals surface area contributed by atoms with Crippen LogP contribution in [0.4, 0.5) is 0 Å². The van der Waals surface area contributed by atoms with Crippen LogP contribution in [0.15, 0.2) is 0 Å². The third-order valence-corrected chi connectivity index (χ3v) is 3.40. The van der Waals surface area contributed by atoms with E-state index in [0.29, 0.717) is 19.6 Å². The summed E-state index contributed by atoms with van der Waals surface area (Å²) in [5, 5.41) is 9.27. The molecule has 15 heavy (non-hydrogen) atoms. The first-order valence-corrected chi connectivity index (χ1v) is 5.59. The largest absolute Gasteiger partial charge is 0.481 e. The summed E-state index contributed by atoms with van der Waals surface area (Å²) in [5.41, 5.74) is -0.522. The van der Waals surface area contributed by atoms with Crippen molar-refractivity contribution in [1.82, 2.24) is 4.90 Å². The van der Waals surface area contributed by atoms with E-state index in [9.17, 15) is 9.90 Å². The molecule has 1 aliphatic rings. The van der Waals surface area contributed by atoms with Crippen LogP contribution in [0.5, 0.6) is 0 Å². The van der Waals surface area contributed by atoms with E-state index in [1.54, 1.807) is 7.11 Å². The highest BCUT2D eigenvalue weighted by molar-refractivity contribution is 5.75. The topological polar surface area (TPSA) is 49.8 Å². The Morgan fingerprint density at radius 1 is 1.60 bits per heavy atom. The summed E-state index contributed by atoms with van der Waals surface area (Å²) in [6, 6.07) is 0. The van der Waals surface area contributed by atoms with Crippen LogP contribution in [0.25, 0.3) is 0 Å². The molecule has 1 rings (SSSR count). The molecule has 1 N–H and O–H groups in total. The average Bonchev–Trinajstić information content (AvgIpc) is 2.26. The Morgan fingerprint density at radius 2 is 2.33 bits per heavy atom. The van der Waals surface area contributed by atoms with Crippen LogP contribution >= 0.6 is 0 Å². The monoisotopic (exact) mass is 215 g/mol. The molecule has 0 aliphatic carbocycles. The first-order chi connectivity index (χ1) is 7.14. The number of piperidine rings is 1. The van der Waals surface area contributed by atoms with Crippen LogP contribution in [-0.2, 0) is 9.53 Å². The smallest absolute Gasteiger partial charge is 0.310 e. The van der Waals surface area contributed by atoms with Crippen LogP contribution in [0.1, 0.15) is 26.2 Å². The zero-order chi connectivity index (χ0) is 11.3. The molecule has 1 fully saturated rings. The van der Waals surface area contributed by atoms with E-state index in [1.807, 2.05) is 6.92 Å². The predicted molar refractivity (Wildman–Crippen MR) is 57.9 cm³/mol. The summed E-state index contributed by atoms with van der Waals surface area (Å²) in [4.78, 5) is 13.5. The van der Waals surface area contributed by atoms with E-state index >= 15 is 0 Å². The van der Waals surface area contributed by atoms with Crippen LogP contribution in [0.3, 0.4) is 0 Å². The summed E-state index contributed by atoms with van der Waals surface area (Å²) >= 11 is 0. The van der Waals surface area contributed by atoms with E-state index in [1.165, 1.54) is 0 Å². The summed E-state index contributed by atoms with van der Waals surface area (Å²) in [6.07, 6.45) is 2.50. The molecule has 1 aliphatic heterocycles. The van der Waals surface area contributed by atoms with Gasteiger partial charge >= 0.3 is 5.97 Å². The number of carboxylic acids is 1. The number of hydrogen-bond donors (Lipinski definition) is 1. The van der Waals surface area contributed by atoms with Gasteiger partial charge in [0.1, 0.15) is 0 Å². The molecule has 4 heteroatoms. The number of ether oxygens (including phenoxy) is 1. The van der Waals surface area contributed by atoms with Gasteiger partial charge in [0.25, 0.3) is 0 Å². The van der Waals surface area contributed by atoms with Gasteiger partial charge in [-0.2, -0.15) is 0 Å². The Kier molecular flexibility index (Phi) is 4.54. The van der Waals surface area contributed by atoms with E-state index in [-0.39, 0.29) is 0 Å². The lowest BCUT2D eigenvalue weighted by Gasteiger charge is -2.39. The normalized spacial score (nSPS) is 27.9. The fraction of sp³-hybridized carbons (Fsp3) is 0.909. The van der Waals surface area contributed by atoms with Crippen LogP contribution < -0.4 is 0 Å². The maximum atomic E-state index is 11.3. The van der Waals surface area contributed by atoms with Crippen molar-refractivity contribution in [3.63, 3.8) is 0 Å². The van der Waals surface area contributed by atoms with E-state index in [4.69, 9.17) is 4.74 Å². The lowest BCUT2D eigenvalue weighted by Crippen LogP contribution is -2.48. The lowest BCUT2D eigenvalue weighted by atomic mass is 9.78. The number of rotatable bonds is 5. The van der Waals surface area contributed by atoms with Crippen molar-refractivity contribution < 1.29 is 14.6 Å². The molecule has 1 unspecified atom stereocenters. The molecule has 0 bridgehead atoms. The number of hydrogen-bond acceptors (Lipinski definition) is 3. The highest BCUT2D eigenvalue weighted by atomic mass is 16.5. The van der Waals surface area contributed by atoms with Gasteiger partial charge in [0.05, 0.1) is 12.0 Å². The number of methoxy groups -OCH3 is 1. The lowest BCUT2D eigenvalue weighted by molar-refractivity contribution is -0.153. The number of carbonyl (C=O) groups is 1. The molecule has 1 heterocycles. The maximum absolute atomic E-state index is 11.3. The van der Waals surface area contributed by atoms with Gasteiger partial charge in [-0.3, -0.25) is 9.69 Å². The minimum atomic E-state index is -0.646. The summed E-state index contributed by atoms with van der Waals surface area (Å²) in [5.74, 6) is -0.646. The fourth-order valence-corrected chi connectivity index (χ4v) is 2.25. The highest BCUT2D eigenvalue weighted by Gasteiger charge is 2.40. The summed E-state index contributed by atoms with van der Waals surface area (Å²) in [7, 11) is 1.67. The molecule has 0 aromatic heterocycles. The van der Waals surface area contributed by atoms with Gasteiger partial charge in [0.15, 0.2) is 0 Å². The second kappa shape index (κ2) is 5.47. The molecular weight excluding hydrogens is 194 g/mol. The van der Waals surface area contributed by atoms with Crippen LogP contribution in [0, 0.1) is 5.41 Å². The Hall–Kier alpha value is -0.610. The van der Waals surface area contributed by atoms with Gasteiger partial charge in [-0.1, -0.05) is 6.92 Å². The molecule has 0 spiro atoms. The fourth-order valence-electron chi connectivity index (χ4n) is 2.25. The second-order valence-electron chi connectivity index (χ2n) is 4.31. The van der Waals surface area contributed by atoms with E-state index < -0.39 is 11.4 Å². The third-order valence-electron chi connectivity index (χ3n) is 3.40. The van der Waals surface area contributed by atoms with Crippen molar-refractivity contribution in [1.29, 1.82) is 0 Å². The Morgan fingerprint density at radius 3 is 2.87 bits per heavy atom. The molecule has 1 atom stereocenters. The average molecular weight is 215 g/mol. The van der Waals surface area contributed by atoms with E-state index in [2.05, 4.69) is 4.90 Å². The molecule has 88 valence electrons. The Labute approximate surface area is 91.2 Å². The first kappa shape index (κ1) is 12.5. The third kappa shape index (κ3) is 2.92. The molecule has 4 nitrogen and oxygen atoms in total. The van der Waals surface area contributed by atoms with E-state index in [0.717, 1.165) is 25.9 Å². The van der Waals surface area contributed by atoms with Gasteiger partial charge in [0.2, 0.25) is 0 Å². The minimum absolute atomic E-state index is 0.522. The highest BCUT2D eigenvalue weighted by Crippen LogP contribution is 2.33. The zero-order valence-electron chi connectivity index (χ0n) is 9.66. The quantitative estimate of drug-likeness (QED) is 0.749. The van der Waals surface area contributed by atoms with Gasteiger partial charge in [-0.25, -0.2) is 0 Å². The predicted octanol–water partition coefficient (Wildman–Crippen LogP) is 1.21. The summed E-state index contributed by atoms with van der Waals surface area (Å²) in [6.45, 7) is 5.15. The molecule has 1 saturated heterocycles. The molecule has 0 saturated carbocycles. The van der Waals surface area contributed by atoms with Crippen molar-refractivity contribution in [3.8, 4) is 0 Å². The standard InChI is InChI=1S/C11H21NO3/c1-3-11(10(13)14)5-4-6-12(9-11)7-8-15-2/h3-9H2,1-2H3,(H,13,14). The van der Waals surface area contributed by atoms with Crippen molar-refractivity contribution in [2.75, 3.05) is 33.4 Å². The van der Waals surface area contributed by atoms with Crippen molar-refractivity contribution >= 4 is 5.97 Å². The van der Waals surface area contributed by atoms with Crippen LogP contribution in [-0.4, -0.2) is 49.3 Å². The van der Waals surface area contributed by atoms with Crippen molar-refractivity contribution in [2.24, 2.45) is 5.41 Å². The first-order valence-electron chi connectivity index (χ1n) is 5.59. The Balaban J connectivity index is 2.56. The number of likely N-dealkylation sites (tertiary alicyclic amines) is 1. The van der Waals surface area contributed by atoms with Crippen molar-refractivity contribution in [2.45, 2.75) is 26.2 Å². The van der Waals surface area contributed by atoms with Gasteiger partial charge < -0.3 is 9.84 Å². The van der Waals surface area contributed by atoms with Gasteiger partial charge in [-0.15, -0.1) is 0 Å². The Bertz CT molecular complexity index is 220. The number of nitrogens with zero attached hydrogens (tertiary/aromatic N) is 1. The van der Waals surface area contributed by atoms with Gasteiger partial charge in [0, 0.05) is 20.2 Å². The molecule has 0 amide bonds. The maximum Gasteiger partial charge on any atom is 0.310 e. The van der Waals surface area contributed by atoms with Crippen LogP contribution in [0.2, 0.25) is 0 Å². The molecule has 0 aromatic carbocycles. The zero-order valence-corrected chi connectivity index (χ0v) is 9.66. The molecule has 0 radical (unpaired) electrons. The second-order valence-corrected chi connectivity index (χ2v) is 4.31. The SMILES string of the molecule is CCC1(C(=O)O)CCCN(CCOC)C1. The number of carboxylic acid groups (broad SMARTS) is 1. The van der Waals surface area contributed by atoms with Gasteiger partial charge in [-0.05, 0) is 25.8 Å². The van der Waals surface area contributed by atoms with Crippen molar-refractivity contribution in [3.05, 3.63) is 0 Å². The number of aliphatic carboxylic acids is 1. The minimum Gasteiger partial charge on any atom is -0.481 e.